The molecule has 3 nitrogen and oxygen atoms in total. The molecule has 1 aliphatic carbocycles. The molecule has 4 rings (SSSR count). The van der Waals surface area contributed by atoms with Crippen molar-refractivity contribution in [1.29, 1.82) is 0 Å². The number of carboxylic acids is 1. The molecule has 2 aromatic rings. The van der Waals surface area contributed by atoms with Gasteiger partial charge < -0.3 is 10.4 Å². The van der Waals surface area contributed by atoms with E-state index in [0.29, 0.717) is 24.2 Å². The first-order chi connectivity index (χ1) is 12.0. The topological polar surface area (TPSA) is 49.3 Å². The van der Waals surface area contributed by atoms with Crippen molar-refractivity contribution < 1.29 is 9.90 Å². The van der Waals surface area contributed by atoms with Gasteiger partial charge in [0.15, 0.2) is 0 Å². The first-order valence-electron chi connectivity index (χ1n) is 9.11. The molecule has 2 aromatic carbocycles. The van der Waals surface area contributed by atoms with Gasteiger partial charge in [0.05, 0.1) is 0 Å². The van der Waals surface area contributed by atoms with Crippen molar-refractivity contribution >= 4 is 5.97 Å². The maximum absolute atomic E-state index is 12.7. The van der Waals surface area contributed by atoms with Crippen LogP contribution in [-0.4, -0.2) is 24.2 Å². The van der Waals surface area contributed by atoms with Crippen molar-refractivity contribution in [3.63, 3.8) is 0 Å². The minimum atomic E-state index is -0.965. The summed E-state index contributed by atoms with van der Waals surface area (Å²) in [6, 6.07) is 16.1. The highest BCUT2D eigenvalue weighted by Crippen LogP contribution is 2.56. The van der Waals surface area contributed by atoms with Gasteiger partial charge in [0, 0.05) is 0 Å². The molecule has 1 heterocycles. The van der Waals surface area contributed by atoms with Crippen molar-refractivity contribution in [2.75, 3.05) is 13.1 Å². The van der Waals surface area contributed by atoms with Crippen LogP contribution in [0.3, 0.4) is 0 Å². The molecule has 25 heavy (non-hydrogen) atoms. The second kappa shape index (κ2) is 5.99. The average molecular weight is 335 g/mol. The number of carbonyl (C=O) groups is 1. The van der Waals surface area contributed by atoms with Crippen LogP contribution < -0.4 is 5.32 Å². The van der Waals surface area contributed by atoms with E-state index in [2.05, 4.69) is 5.32 Å². The van der Waals surface area contributed by atoms with Crippen LogP contribution in [-0.2, 0) is 10.2 Å². The van der Waals surface area contributed by atoms with Gasteiger partial charge in [-0.1, -0.05) is 59.7 Å². The van der Waals surface area contributed by atoms with Gasteiger partial charge in [0.1, 0.15) is 5.41 Å². The van der Waals surface area contributed by atoms with Gasteiger partial charge >= 0.3 is 5.97 Å². The van der Waals surface area contributed by atoms with Crippen LogP contribution in [0.15, 0.2) is 48.5 Å². The summed E-state index contributed by atoms with van der Waals surface area (Å²) in [6.07, 6.45) is 0.687. The van der Waals surface area contributed by atoms with Crippen molar-refractivity contribution in [2.24, 2.45) is 17.8 Å². The van der Waals surface area contributed by atoms with Crippen molar-refractivity contribution in [3.05, 3.63) is 70.8 Å². The van der Waals surface area contributed by atoms with E-state index in [1.165, 1.54) is 0 Å². The highest BCUT2D eigenvalue weighted by molar-refractivity contribution is 5.86. The van der Waals surface area contributed by atoms with Gasteiger partial charge in [-0.2, -0.15) is 0 Å². The normalized spacial score (nSPS) is 24.8. The van der Waals surface area contributed by atoms with Gasteiger partial charge in [0.2, 0.25) is 0 Å². The van der Waals surface area contributed by atoms with Gasteiger partial charge in [-0.25, -0.2) is 0 Å². The van der Waals surface area contributed by atoms with Gasteiger partial charge in [-0.15, -0.1) is 0 Å². The summed E-state index contributed by atoms with van der Waals surface area (Å²) >= 11 is 0. The van der Waals surface area contributed by atoms with Crippen LogP contribution in [0.2, 0.25) is 0 Å². The Kier molecular flexibility index (Phi) is 3.92. The summed E-state index contributed by atoms with van der Waals surface area (Å²) in [4.78, 5) is 12.7. The Morgan fingerprint density at radius 1 is 1.04 bits per heavy atom. The summed E-state index contributed by atoms with van der Waals surface area (Å²) in [7, 11) is 0. The summed E-state index contributed by atoms with van der Waals surface area (Å²) in [5, 5.41) is 13.9. The molecular formula is C22H25NO2. The molecule has 2 unspecified atom stereocenters. The van der Waals surface area contributed by atoms with Gasteiger partial charge in [0.25, 0.3) is 0 Å². The standard InChI is InChI=1S/C22H25NO2/c1-14-5-3-7-16(9-14)22(21(24)25,17-8-4-6-15(2)10-17)11-18-19-12-23-13-20(18)19/h3-10,18-20,23H,11-13H2,1-2H3,(H,24,25). The maximum Gasteiger partial charge on any atom is 0.318 e. The summed E-state index contributed by atoms with van der Waals surface area (Å²) in [6.45, 7) is 6.13. The lowest BCUT2D eigenvalue weighted by Gasteiger charge is -2.32. The van der Waals surface area contributed by atoms with Crippen molar-refractivity contribution in [1.82, 2.24) is 5.32 Å². The first-order valence-corrected chi connectivity index (χ1v) is 9.11. The van der Waals surface area contributed by atoms with E-state index in [9.17, 15) is 9.90 Å². The lowest BCUT2D eigenvalue weighted by Crippen LogP contribution is -2.38. The fourth-order valence-corrected chi connectivity index (χ4v) is 4.76. The highest BCUT2D eigenvalue weighted by Gasteiger charge is 2.57. The largest absolute Gasteiger partial charge is 0.480 e. The molecule has 0 radical (unpaired) electrons. The van der Waals surface area contributed by atoms with Gasteiger partial charge in [-0.05, 0) is 62.2 Å². The number of nitrogens with one attached hydrogen (secondary N) is 1. The average Bonchev–Trinajstić information content (AvgIpc) is 3.00. The molecule has 2 N–H and O–H groups in total. The second-order valence-electron chi connectivity index (χ2n) is 7.80. The predicted octanol–water partition coefficient (Wildman–Crippen LogP) is 3.53. The van der Waals surface area contributed by atoms with E-state index in [1.807, 2.05) is 62.4 Å². The number of hydrogen-bond donors (Lipinski definition) is 2. The number of aryl methyl sites for hydroxylation is 2. The maximum atomic E-state index is 12.7. The SMILES string of the molecule is Cc1cccc(C(CC2C3CNCC32)(C(=O)O)c2cccc(C)c2)c1. The Labute approximate surface area is 149 Å². The second-order valence-corrected chi connectivity index (χ2v) is 7.80. The molecule has 1 saturated carbocycles. The van der Waals surface area contributed by atoms with Crippen LogP contribution >= 0.6 is 0 Å². The van der Waals surface area contributed by atoms with E-state index >= 15 is 0 Å². The van der Waals surface area contributed by atoms with Crippen molar-refractivity contribution in [3.8, 4) is 0 Å². The number of rotatable bonds is 5. The highest BCUT2D eigenvalue weighted by atomic mass is 16.4. The molecule has 3 heteroatoms. The van der Waals surface area contributed by atoms with Crippen LogP contribution in [0, 0.1) is 31.6 Å². The third-order valence-corrected chi connectivity index (χ3v) is 6.20. The quantitative estimate of drug-likeness (QED) is 0.879. The third-order valence-electron chi connectivity index (χ3n) is 6.20. The minimum Gasteiger partial charge on any atom is -0.480 e. The summed E-state index contributed by atoms with van der Waals surface area (Å²) in [5.41, 5.74) is 3.06. The van der Waals surface area contributed by atoms with Crippen LogP contribution in [0.4, 0.5) is 0 Å². The Morgan fingerprint density at radius 2 is 1.56 bits per heavy atom. The zero-order valence-electron chi connectivity index (χ0n) is 14.8. The monoisotopic (exact) mass is 335 g/mol. The smallest absolute Gasteiger partial charge is 0.318 e. The fraction of sp³-hybridized carbons (Fsp3) is 0.409. The molecule has 0 spiro atoms. The van der Waals surface area contributed by atoms with Gasteiger partial charge in [-0.3, -0.25) is 4.79 Å². The molecule has 1 aliphatic heterocycles. The zero-order valence-corrected chi connectivity index (χ0v) is 14.8. The molecule has 2 fully saturated rings. The Bertz CT molecular complexity index is 758. The lowest BCUT2D eigenvalue weighted by atomic mass is 9.69. The van der Waals surface area contributed by atoms with Crippen LogP contribution in [0.25, 0.3) is 0 Å². The fourth-order valence-electron chi connectivity index (χ4n) is 4.76. The molecular weight excluding hydrogens is 310 g/mol. The van der Waals surface area contributed by atoms with Crippen molar-refractivity contribution in [2.45, 2.75) is 25.7 Å². The number of benzene rings is 2. The van der Waals surface area contributed by atoms with E-state index < -0.39 is 11.4 Å². The lowest BCUT2D eigenvalue weighted by molar-refractivity contribution is -0.142. The zero-order chi connectivity index (χ0) is 17.6. The first kappa shape index (κ1) is 16.3. The van der Waals surface area contributed by atoms with E-state index in [4.69, 9.17) is 0 Å². The molecule has 0 amide bonds. The molecule has 130 valence electrons. The van der Waals surface area contributed by atoms with Crippen LogP contribution in [0.5, 0.6) is 0 Å². The number of aliphatic carboxylic acids is 1. The molecule has 2 atom stereocenters. The Balaban J connectivity index is 1.84. The summed E-state index contributed by atoms with van der Waals surface area (Å²) < 4.78 is 0. The van der Waals surface area contributed by atoms with E-state index in [-0.39, 0.29) is 0 Å². The Morgan fingerprint density at radius 3 is 2.00 bits per heavy atom. The predicted molar refractivity (Wildman–Crippen MR) is 98.7 cm³/mol. The number of fused-ring (bicyclic) bond motifs is 1. The molecule has 1 saturated heterocycles. The minimum absolute atomic E-state index is 0.498. The number of carboxylic acid groups (broad SMARTS) is 1. The molecule has 0 bridgehead atoms. The molecule has 2 aliphatic rings. The third kappa shape index (κ3) is 2.67. The molecule has 0 aromatic heterocycles. The number of hydrogen-bond acceptors (Lipinski definition) is 2. The van der Waals surface area contributed by atoms with E-state index in [1.54, 1.807) is 0 Å². The van der Waals surface area contributed by atoms with Crippen LogP contribution in [0.1, 0.15) is 28.7 Å². The Hall–Kier alpha value is -2.13. The summed E-state index contributed by atoms with van der Waals surface area (Å²) in [5.74, 6) is 1.06. The van der Waals surface area contributed by atoms with E-state index in [0.717, 1.165) is 35.3 Å². The number of piperidine rings is 1.